The first-order valence-electron chi connectivity index (χ1n) is 10.7. The predicted molar refractivity (Wildman–Crippen MR) is 109 cm³/mol. The summed E-state index contributed by atoms with van der Waals surface area (Å²) in [6.45, 7) is 3.54. The van der Waals surface area contributed by atoms with Gasteiger partial charge in [0.2, 0.25) is 5.91 Å². The van der Waals surface area contributed by atoms with Crippen LogP contribution in [-0.2, 0) is 10.2 Å². The van der Waals surface area contributed by atoms with Crippen LogP contribution in [0.15, 0.2) is 34.9 Å². The number of carbonyl (C=O) groups is 2. The van der Waals surface area contributed by atoms with Crippen LogP contribution < -0.4 is 4.90 Å². The molecule has 6 heteroatoms. The van der Waals surface area contributed by atoms with Crippen LogP contribution in [-0.4, -0.2) is 41.5 Å². The molecule has 1 aliphatic carbocycles. The van der Waals surface area contributed by atoms with E-state index in [-0.39, 0.29) is 11.8 Å². The van der Waals surface area contributed by atoms with Gasteiger partial charge in [0.15, 0.2) is 5.69 Å². The molecule has 0 radical (unpaired) electrons. The SMILES string of the molecule is Cc1cc(C(=O)N2CCC3(C2)C(=O)N(CC2CCCCC2)c2ccccc23)no1. The summed E-state index contributed by atoms with van der Waals surface area (Å²) in [6.07, 6.45) is 6.90. The number of likely N-dealkylation sites (tertiary alicyclic amines) is 1. The Morgan fingerprint density at radius 3 is 2.79 bits per heavy atom. The number of benzene rings is 1. The van der Waals surface area contributed by atoms with Crippen molar-refractivity contribution >= 4 is 17.5 Å². The zero-order valence-corrected chi connectivity index (χ0v) is 16.9. The van der Waals surface area contributed by atoms with Crippen LogP contribution in [0.2, 0.25) is 0 Å². The summed E-state index contributed by atoms with van der Waals surface area (Å²) >= 11 is 0. The van der Waals surface area contributed by atoms with Gasteiger partial charge in [0.1, 0.15) is 5.76 Å². The Morgan fingerprint density at radius 2 is 2.03 bits per heavy atom. The molecule has 1 spiro atoms. The van der Waals surface area contributed by atoms with Crippen LogP contribution in [0.3, 0.4) is 0 Å². The maximum absolute atomic E-state index is 13.7. The van der Waals surface area contributed by atoms with E-state index in [0.29, 0.717) is 36.9 Å². The number of para-hydroxylation sites is 1. The van der Waals surface area contributed by atoms with Crippen molar-refractivity contribution in [2.75, 3.05) is 24.5 Å². The lowest BCUT2D eigenvalue weighted by Crippen LogP contribution is -2.44. The van der Waals surface area contributed by atoms with E-state index in [0.717, 1.165) is 17.8 Å². The fourth-order valence-corrected chi connectivity index (χ4v) is 5.41. The number of amides is 2. The zero-order valence-electron chi connectivity index (χ0n) is 16.9. The van der Waals surface area contributed by atoms with E-state index in [1.807, 2.05) is 17.0 Å². The molecular weight excluding hydrogens is 366 g/mol. The van der Waals surface area contributed by atoms with Crippen LogP contribution in [0.1, 0.15) is 60.3 Å². The topological polar surface area (TPSA) is 66.7 Å². The van der Waals surface area contributed by atoms with Gasteiger partial charge >= 0.3 is 0 Å². The average Bonchev–Trinajstić information content (AvgIpc) is 3.44. The second kappa shape index (κ2) is 7.01. The normalized spacial score (nSPS) is 24.5. The highest BCUT2D eigenvalue weighted by molar-refractivity contribution is 6.09. The number of aryl methyl sites for hydroxylation is 1. The predicted octanol–water partition coefficient (Wildman–Crippen LogP) is 3.69. The average molecular weight is 393 g/mol. The Morgan fingerprint density at radius 1 is 1.24 bits per heavy atom. The molecule has 1 aromatic heterocycles. The molecular formula is C23H27N3O3. The van der Waals surface area contributed by atoms with Crippen molar-refractivity contribution < 1.29 is 14.1 Å². The first kappa shape index (κ1) is 18.4. The highest BCUT2D eigenvalue weighted by atomic mass is 16.5. The molecule has 1 atom stereocenters. The molecule has 2 fully saturated rings. The molecule has 1 aromatic carbocycles. The Bertz CT molecular complexity index is 946. The first-order chi connectivity index (χ1) is 14.1. The van der Waals surface area contributed by atoms with Gasteiger partial charge in [0.05, 0.1) is 5.41 Å². The van der Waals surface area contributed by atoms with Gasteiger partial charge in [-0.3, -0.25) is 9.59 Å². The molecule has 152 valence electrons. The van der Waals surface area contributed by atoms with Gasteiger partial charge in [-0.05, 0) is 43.7 Å². The van der Waals surface area contributed by atoms with Crippen molar-refractivity contribution in [3.05, 3.63) is 47.3 Å². The fourth-order valence-electron chi connectivity index (χ4n) is 5.41. The largest absolute Gasteiger partial charge is 0.361 e. The molecule has 2 aliphatic heterocycles. The quantitative estimate of drug-likeness (QED) is 0.798. The molecule has 1 saturated heterocycles. The second-order valence-corrected chi connectivity index (χ2v) is 8.82. The van der Waals surface area contributed by atoms with Crippen LogP contribution >= 0.6 is 0 Å². The van der Waals surface area contributed by atoms with Crippen LogP contribution in [0.4, 0.5) is 5.69 Å². The molecule has 6 nitrogen and oxygen atoms in total. The number of fused-ring (bicyclic) bond motifs is 2. The highest BCUT2D eigenvalue weighted by Gasteiger charge is 2.55. The summed E-state index contributed by atoms with van der Waals surface area (Å²) in [6, 6.07) is 9.81. The molecule has 1 saturated carbocycles. The highest BCUT2D eigenvalue weighted by Crippen LogP contribution is 2.48. The summed E-state index contributed by atoms with van der Waals surface area (Å²) in [5.74, 6) is 1.20. The third-order valence-electron chi connectivity index (χ3n) is 6.93. The summed E-state index contributed by atoms with van der Waals surface area (Å²) in [5.41, 5.74) is 1.80. The number of hydrogen-bond donors (Lipinski definition) is 0. The van der Waals surface area contributed by atoms with E-state index in [9.17, 15) is 9.59 Å². The van der Waals surface area contributed by atoms with Gasteiger partial charge in [-0.25, -0.2) is 0 Å². The summed E-state index contributed by atoms with van der Waals surface area (Å²) in [4.78, 5) is 30.4. The third kappa shape index (κ3) is 2.96. The molecule has 3 heterocycles. The monoisotopic (exact) mass is 393 g/mol. The molecule has 3 aliphatic rings. The van der Waals surface area contributed by atoms with E-state index in [4.69, 9.17) is 4.52 Å². The number of rotatable bonds is 3. The maximum atomic E-state index is 13.7. The molecule has 2 amide bonds. The Hall–Kier alpha value is -2.63. The van der Waals surface area contributed by atoms with Gasteiger partial charge < -0.3 is 14.3 Å². The van der Waals surface area contributed by atoms with Gasteiger partial charge in [-0.15, -0.1) is 0 Å². The minimum Gasteiger partial charge on any atom is -0.361 e. The van der Waals surface area contributed by atoms with Crippen molar-refractivity contribution in [3.8, 4) is 0 Å². The molecule has 1 unspecified atom stereocenters. The Labute approximate surface area is 170 Å². The molecule has 0 bridgehead atoms. The second-order valence-electron chi connectivity index (χ2n) is 8.82. The van der Waals surface area contributed by atoms with Crippen LogP contribution in [0, 0.1) is 12.8 Å². The van der Waals surface area contributed by atoms with E-state index in [1.165, 1.54) is 32.1 Å². The van der Waals surface area contributed by atoms with Gasteiger partial charge in [0.25, 0.3) is 5.91 Å². The van der Waals surface area contributed by atoms with E-state index in [2.05, 4.69) is 17.3 Å². The van der Waals surface area contributed by atoms with E-state index < -0.39 is 5.41 Å². The summed E-state index contributed by atoms with van der Waals surface area (Å²) in [5, 5.41) is 3.87. The van der Waals surface area contributed by atoms with Gasteiger partial charge in [-0.1, -0.05) is 42.6 Å². The molecule has 2 aromatic rings. The van der Waals surface area contributed by atoms with Crippen molar-refractivity contribution in [3.63, 3.8) is 0 Å². The zero-order chi connectivity index (χ0) is 20.0. The number of hydrogen-bond acceptors (Lipinski definition) is 4. The first-order valence-corrected chi connectivity index (χ1v) is 10.7. The van der Waals surface area contributed by atoms with Crippen LogP contribution in [0.25, 0.3) is 0 Å². The van der Waals surface area contributed by atoms with E-state index >= 15 is 0 Å². The van der Waals surface area contributed by atoms with Crippen molar-refractivity contribution in [1.82, 2.24) is 10.1 Å². The lowest BCUT2D eigenvalue weighted by atomic mass is 9.81. The van der Waals surface area contributed by atoms with Crippen molar-refractivity contribution in [2.45, 2.75) is 50.9 Å². The lowest BCUT2D eigenvalue weighted by molar-refractivity contribution is -0.122. The summed E-state index contributed by atoms with van der Waals surface area (Å²) in [7, 11) is 0. The number of carbonyl (C=O) groups excluding carboxylic acids is 2. The van der Waals surface area contributed by atoms with E-state index in [1.54, 1.807) is 17.9 Å². The third-order valence-corrected chi connectivity index (χ3v) is 6.93. The maximum Gasteiger partial charge on any atom is 0.276 e. The number of nitrogens with zero attached hydrogens (tertiary/aromatic N) is 3. The van der Waals surface area contributed by atoms with Crippen molar-refractivity contribution in [2.24, 2.45) is 5.92 Å². The van der Waals surface area contributed by atoms with Gasteiger partial charge in [0, 0.05) is 31.4 Å². The van der Waals surface area contributed by atoms with Gasteiger partial charge in [-0.2, -0.15) is 0 Å². The van der Waals surface area contributed by atoms with Crippen LogP contribution in [0.5, 0.6) is 0 Å². The molecule has 5 rings (SSSR count). The molecule has 0 N–H and O–H groups in total. The standard InChI is InChI=1S/C23H27N3O3/c1-16-13-19(24-29-16)21(27)25-12-11-23(15-25)18-9-5-6-10-20(18)26(22(23)28)14-17-7-3-2-4-8-17/h5-6,9-10,13,17H,2-4,7-8,11-12,14-15H2,1H3. The minimum absolute atomic E-state index is 0.158. The minimum atomic E-state index is -0.625. The smallest absolute Gasteiger partial charge is 0.276 e. The lowest BCUT2D eigenvalue weighted by Gasteiger charge is -2.29. The number of aromatic nitrogens is 1. The molecule has 29 heavy (non-hydrogen) atoms. The number of anilines is 1. The fraction of sp³-hybridized carbons (Fsp3) is 0.522. The van der Waals surface area contributed by atoms with Crippen molar-refractivity contribution in [1.29, 1.82) is 0 Å². The Balaban J connectivity index is 1.42. The Kier molecular flexibility index (Phi) is 4.45. The summed E-state index contributed by atoms with van der Waals surface area (Å²) < 4.78 is 5.07.